The van der Waals surface area contributed by atoms with Crippen LogP contribution in [0.3, 0.4) is 0 Å². The van der Waals surface area contributed by atoms with Crippen molar-refractivity contribution < 1.29 is 30.8 Å². The summed E-state index contributed by atoms with van der Waals surface area (Å²) in [6.45, 7) is 3.50. The smallest absolute Gasteiger partial charge is 0.351 e. The Bertz CT molecular complexity index is 1400. The molecule has 4 rings (SSSR count). The van der Waals surface area contributed by atoms with E-state index in [1.165, 1.54) is 6.20 Å². The molecule has 1 amide bonds. The quantitative estimate of drug-likeness (QED) is 0.479. The largest absolute Gasteiger partial charge is 0.451 e. The Morgan fingerprint density at radius 2 is 1.73 bits per heavy atom. The summed E-state index contributed by atoms with van der Waals surface area (Å²) in [4.78, 5) is 23.9. The SMILES string of the molecule is Cc1cnc(-c2cnc(C(F)(F)F)nc2)cc1CNC(=O)[C@@H]1CC[C@H](C)N1S(=O)(=O)c1ccc(F)cc1. The van der Waals surface area contributed by atoms with Gasteiger partial charge >= 0.3 is 6.18 Å². The Morgan fingerprint density at radius 3 is 2.35 bits per heavy atom. The van der Waals surface area contributed by atoms with Crippen molar-refractivity contribution >= 4 is 15.9 Å². The van der Waals surface area contributed by atoms with Crippen LogP contribution in [0.25, 0.3) is 11.3 Å². The maximum atomic E-state index is 13.3. The standard InChI is InChI=1S/C24H23F4N5O3S/c1-14-10-29-20(17-12-31-23(32-13-17)24(26,27)28)9-16(14)11-30-22(34)21-8-3-15(2)33(21)37(35,36)19-6-4-18(25)5-7-19/h4-7,9-10,12-13,15,21H,3,8,11H2,1-2H3,(H,30,34)/t15-,21-/m0/s1. The van der Waals surface area contributed by atoms with Gasteiger partial charge in [0.15, 0.2) is 0 Å². The van der Waals surface area contributed by atoms with Crippen molar-refractivity contribution in [1.29, 1.82) is 0 Å². The summed E-state index contributed by atoms with van der Waals surface area (Å²) in [6, 6.07) is 4.65. The van der Waals surface area contributed by atoms with Crippen LogP contribution in [-0.2, 0) is 27.5 Å². The first-order valence-corrected chi connectivity index (χ1v) is 12.7. The maximum absolute atomic E-state index is 13.3. The number of carbonyl (C=O) groups is 1. The highest BCUT2D eigenvalue weighted by atomic mass is 32.2. The number of alkyl halides is 3. The first-order chi connectivity index (χ1) is 17.4. The number of nitrogens with one attached hydrogen (secondary N) is 1. The van der Waals surface area contributed by atoms with Gasteiger partial charge < -0.3 is 5.32 Å². The van der Waals surface area contributed by atoms with Crippen LogP contribution in [0.1, 0.15) is 36.7 Å². The van der Waals surface area contributed by atoms with Gasteiger partial charge in [0.25, 0.3) is 0 Å². The van der Waals surface area contributed by atoms with Crippen LogP contribution in [0.15, 0.2) is 53.8 Å². The summed E-state index contributed by atoms with van der Waals surface area (Å²) in [6.07, 6.45) is -0.314. The highest BCUT2D eigenvalue weighted by molar-refractivity contribution is 7.89. The topological polar surface area (TPSA) is 105 Å². The zero-order chi connectivity index (χ0) is 27.0. The number of benzene rings is 1. The van der Waals surface area contributed by atoms with Gasteiger partial charge in [-0.15, -0.1) is 0 Å². The number of carbonyl (C=O) groups excluding carboxylic acids is 1. The lowest BCUT2D eigenvalue weighted by Gasteiger charge is -2.27. The van der Waals surface area contributed by atoms with Crippen molar-refractivity contribution in [2.75, 3.05) is 0 Å². The second-order valence-electron chi connectivity index (χ2n) is 8.74. The molecule has 1 aliphatic rings. The number of hydrogen-bond donors (Lipinski definition) is 1. The molecule has 1 aliphatic heterocycles. The monoisotopic (exact) mass is 537 g/mol. The van der Waals surface area contributed by atoms with Crippen LogP contribution >= 0.6 is 0 Å². The van der Waals surface area contributed by atoms with Gasteiger partial charge in [-0.2, -0.15) is 17.5 Å². The molecular formula is C24H23F4N5O3S. The summed E-state index contributed by atoms with van der Waals surface area (Å²) >= 11 is 0. The molecule has 1 aromatic carbocycles. The maximum Gasteiger partial charge on any atom is 0.451 e. The summed E-state index contributed by atoms with van der Waals surface area (Å²) < 4.78 is 79.1. The molecule has 0 aliphatic carbocycles. The Labute approximate surface area is 210 Å². The molecule has 2 atom stereocenters. The molecule has 0 bridgehead atoms. The minimum absolute atomic E-state index is 0.0387. The first-order valence-electron chi connectivity index (χ1n) is 11.3. The van der Waals surface area contributed by atoms with Gasteiger partial charge in [0.2, 0.25) is 21.8 Å². The van der Waals surface area contributed by atoms with Gasteiger partial charge in [0, 0.05) is 36.7 Å². The van der Waals surface area contributed by atoms with E-state index in [0.29, 0.717) is 29.7 Å². The number of amides is 1. The van der Waals surface area contributed by atoms with E-state index in [-0.39, 0.29) is 17.0 Å². The van der Waals surface area contributed by atoms with Crippen molar-refractivity contribution in [3.63, 3.8) is 0 Å². The number of hydrogen-bond acceptors (Lipinski definition) is 6. The number of halogens is 4. The Balaban J connectivity index is 1.50. The molecule has 13 heteroatoms. The van der Waals surface area contributed by atoms with Crippen LogP contribution in [0, 0.1) is 12.7 Å². The van der Waals surface area contributed by atoms with Crippen LogP contribution in [-0.4, -0.2) is 45.7 Å². The third kappa shape index (κ3) is 5.62. The molecule has 0 unspecified atom stereocenters. The van der Waals surface area contributed by atoms with Gasteiger partial charge in [-0.3, -0.25) is 9.78 Å². The third-order valence-electron chi connectivity index (χ3n) is 6.16. The fraction of sp³-hybridized carbons (Fsp3) is 0.333. The van der Waals surface area contributed by atoms with Crippen molar-refractivity contribution in [2.45, 2.75) is 56.4 Å². The molecule has 8 nitrogen and oxygen atoms in total. The summed E-state index contributed by atoms with van der Waals surface area (Å²) in [5.41, 5.74) is 1.94. The molecule has 196 valence electrons. The van der Waals surface area contributed by atoms with E-state index in [2.05, 4.69) is 20.3 Å². The lowest BCUT2D eigenvalue weighted by molar-refractivity contribution is -0.145. The molecule has 3 heterocycles. The predicted octanol–water partition coefficient (Wildman–Crippen LogP) is 3.86. The van der Waals surface area contributed by atoms with Gasteiger partial charge in [-0.25, -0.2) is 22.8 Å². The van der Waals surface area contributed by atoms with Gasteiger partial charge in [-0.05, 0) is 68.1 Å². The molecule has 1 fully saturated rings. The fourth-order valence-electron chi connectivity index (χ4n) is 4.16. The highest BCUT2D eigenvalue weighted by Gasteiger charge is 2.43. The minimum atomic E-state index is -4.66. The Morgan fingerprint density at radius 1 is 1.08 bits per heavy atom. The predicted molar refractivity (Wildman–Crippen MR) is 125 cm³/mol. The molecule has 0 spiro atoms. The summed E-state index contributed by atoms with van der Waals surface area (Å²) in [5.74, 6) is -2.33. The molecule has 3 aromatic rings. The van der Waals surface area contributed by atoms with Crippen molar-refractivity contribution in [3.8, 4) is 11.3 Å². The number of sulfonamides is 1. The zero-order valence-electron chi connectivity index (χ0n) is 19.8. The summed E-state index contributed by atoms with van der Waals surface area (Å²) in [5, 5.41) is 2.76. The lowest BCUT2D eigenvalue weighted by Crippen LogP contribution is -2.48. The van der Waals surface area contributed by atoms with Crippen LogP contribution in [0.2, 0.25) is 0 Å². The number of pyridine rings is 1. The molecule has 2 aromatic heterocycles. The third-order valence-corrected chi connectivity index (χ3v) is 8.20. The van der Waals surface area contributed by atoms with E-state index < -0.39 is 45.8 Å². The Hall–Kier alpha value is -3.45. The average Bonchev–Trinajstić information content (AvgIpc) is 3.25. The molecular weight excluding hydrogens is 514 g/mol. The minimum Gasteiger partial charge on any atom is -0.351 e. The van der Waals surface area contributed by atoms with Gasteiger partial charge in [-0.1, -0.05) is 0 Å². The molecule has 1 saturated heterocycles. The zero-order valence-corrected chi connectivity index (χ0v) is 20.6. The van der Waals surface area contributed by atoms with E-state index in [1.54, 1.807) is 19.9 Å². The van der Waals surface area contributed by atoms with Crippen molar-refractivity contribution in [3.05, 3.63) is 71.7 Å². The van der Waals surface area contributed by atoms with Crippen LogP contribution in [0.5, 0.6) is 0 Å². The summed E-state index contributed by atoms with van der Waals surface area (Å²) in [7, 11) is -4.04. The number of rotatable bonds is 6. The number of aromatic nitrogens is 3. The van der Waals surface area contributed by atoms with Crippen LogP contribution in [0.4, 0.5) is 17.6 Å². The van der Waals surface area contributed by atoms with Crippen molar-refractivity contribution in [1.82, 2.24) is 24.6 Å². The molecule has 0 radical (unpaired) electrons. The molecule has 0 saturated carbocycles. The fourth-order valence-corrected chi connectivity index (χ4v) is 6.00. The molecule has 37 heavy (non-hydrogen) atoms. The Kier molecular flexibility index (Phi) is 7.29. The first kappa shape index (κ1) is 26.6. The van der Waals surface area contributed by atoms with E-state index >= 15 is 0 Å². The lowest BCUT2D eigenvalue weighted by atomic mass is 10.1. The van der Waals surface area contributed by atoms with E-state index in [0.717, 1.165) is 41.0 Å². The van der Waals surface area contributed by atoms with E-state index in [4.69, 9.17) is 0 Å². The number of nitrogens with zero attached hydrogens (tertiary/aromatic N) is 4. The van der Waals surface area contributed by atoms with E-state index in [1.807, 2.05) is 0 Å². The molecule has 1 N–H and O–H groups in total. The second-order valence-corrected chi connectivity index (χ2v) is 10.6. The van der Waals surface area contributed by atoms with E-state index in [9.17, 15) is 30.8 Å². The van der Waals surface area contributed by atoms with Gasteiger partial charge in [0.05, 0.1) is 10.6 Å². The second kappa shape index (κ2) is 10.1. The average molecular weight is 538 g/mol. The van der Waals surface area contributed by atoms with Crippen molar-refractivity contribution in [2.24, 2.45) is 0 Å². The van der Waals surface area contributed by atoms with Crippen LogP contribution < -0.4 is 5.32 Å². The van der Waals surface area contributed by atoms with Gasteiger partial charge in [0.1, 0.15) is 11.9 Å². The highest BCUT2D eigenvalue weighted by Crippen LogP contribution is 2.31. The number of aryl methyl sites for hydroxylation is 1. The normalized spacial score (nSPS) is 18.6.